The van der Waals surface area contributed by atoms with Crippen LogP contribution in [0.2, 0.25) is 0 Å². The average molecular weight is 709 g/mol. The first-order valence-corrected chi connectivity index (χ1v) is 10.4. The molecule has 0 saturated heterocycles. The predicted molar refractivity (Wildman–Crippen MR) is 127 cm³/mol. The Balaban J connectivity index is 0.000000200. The van der Waals surface area contributed by atoms with Crippen molar-refractivity contribution in [3.8, 4) is 0 Å². The molecule has 4 nitrogen and oxygen atoms in total. The summed E-state index contributed by atoms with van der Waals surface area (Å²) < 4.78 is 1.94. The van der Waals surface area contributed by atoms with Gasteiger partial charge in [-0.1, -0.05) is 48.5 Å². The van der Waals surface area contributed by atoms with E-state index in [9.17, 15) is 9.59 Å². The normalized spacial score (nSPS) is 10.0. The maximum atomic E-state index is 11.0. The Hall–Kier alpha value is -1.28. The first-order chi connectivity index (χ1) is 13.4. The minimum atomic E-state index is -0.875. The van der Waals surface area contributed by atoms with E-state index >= 15 is 0 Å². The number of aromatic carboxylic acids is 2. The fourth-order valence-corrected chi connectivity index (χ4v) is 4.57. The van der Waals surface area contributed by atoms with Gasteiger partial charge in [0.2, 0.25) is 0 Å². The second-order valence-corrected chi connectivity index (χ2v) is 8.22. The van der Waals surface area contributed by atoms with E-state index in [1.54, 1.807) is 24.3 Å². The summed E-state index contributed by atoms with van der Waals surface area (Å²) in [5.41, 5.74) is 0.736. The van der Waals surface area contributed by atoms with Gasteiger partial charge in [-0.2, -0.15) is 0 Å². The number of rotatable bonds is 2. The summed E-state index contributed by atoms with van der Waals surface area (Å²) in [6.07, 6.45) is 0. The van der Waals surface area contributed by atoms with Crippen molar-refractivity contribution in [2.75, 3.05) is 0 Å². The topological polar surface area (TPSA) is 74.6 Å². The number of carbonyl (C=O) groups is 2. The van der Waals surface area contributed by atoms with Gasteiger partial charge < -0.3 is 10.2 Å². The molecular formula is C22H14CdI2O4. The quantitative estimate of drug-likeness (QED) is 0.190. The minimum absolute atomic E-state index is 0. The zero-order valence-corrected chi connectivity index (χ0v) is 23.5. The van der Waals surface area contributed by atoms with Gasteiger partial charge in [0.1, 0.15) is 0 Å². The van der Waals surface area contributed by atoms with E-state index < -0.39 is 11.9 Å². The first-order valence-electron chi connectivity index (χ1n) is 8.21. The molecule has 0 saturated carbocycles. The molecule has 4 aromatic carbocycles. The molecule has 0 radical (unpaired) electrons. The third kappa shape index (κ3) is 5.45. The number of carboxylic acids is 2. The largest absolute Gasteiger partial charge is 0.478 e. The van der Waals surface area contributed by atoms with Crippen molar-refractivity contribution >= 4 is 78.7 Å². The second-order valence-electron chi connectivity index (χ2n) is 5.90. The zero-order chi connectivity index (χ0) is 20.3. The van der Waals surface area contributed by atoms with Gasteiger partial charge in [-0.05, 0) is 80.2 Å². The van der Waals surface area contributed by atoms with E-state index in [0.717, 1.165) is 28.7 Å². The third-order valence-electron chi connectivity index (χ3n) is 4.17. The van der Waals surface area contributed by atoms with Crippen LogP contribution in [0.1, 0.15) is 20.7 Å². The SMILES string of the molecule is O=C(O)c1cccc2cccc(I)c12.O=C(O)c1cccc2cccc(I)c12.[Cd]. The Kier molecular flexibility index (Phi) is 8.82. The molecule has 0 aliphatic heterocycles. The summed E-state index contributed by atoms with van der Waals surface area (Å²) in [6.45, 7) is 0. The van der Waals surface area contributed by atoms with Crippen LogP contribution in [0.15, 0.2) is 72.8 Å². The molecule has 4 aromatic rings. The fraction of sp³-hybridized carbons (Fsp3) is 0. The van der Waals surface area contributed by atoms with E-state index in [4.69, 9.17) is 10.2 Å². The fourth-order valence-electron chi connectivity index (χ4n) is 2.95. The molecular weight excluding hydrogens is 694 g/mol. The Morgan fingerprint density at radius 1 is 0.586 bits per heavy atom. The van der Waals surface area contributed by atoms with Crippen molar-refractivity contribution < 1.29 is 47.1 Å². The number of benzene rings is 4. The van der Waals surface area contributed by atoms with E-state index in [2.05, 4.69) is 45.2 Å². The molecule has 2 N–H and O–H groups in total. The average Bonchev–Trinajstić information content (AvgIpc) is 2.68. The van der Waals surface area contributed by atoms with Crippen LogP contribution >= 0.6 is 45.2 Å². The number of halogens is 2. The van der Waals surface area contributed by atoms with Crippen LogP contribution in [0.5, 0.6) is 0 Å². The zero-order valence-electron chi connectivity index (χ0n) is 15.1. The molecule has 7 heteroatoms. The monoisotopic (exact) mass is 710 g/mol. The van der Waals surface area contributed by atoms with E-state index in [0.29, 0.717) is 11.1 Å². The molecule has 0 heterocycles. The number of carboxylic acid groups (broad SMARTS) is 2. The molecule has 0 aromatic heterocycles. The van der Waals surface area contributed by atoms with Crippen LogP contribution < -0.4 is 0 Å². The van der Waals surface area contributed by atoms with Crippen LogP contribution in [0, 0.1) is 7.14 Å². The van der Waals surface area contributed by atoms with Gasteiger partial charge in [-0.15, -0.1) is 0 Å². The van der Waals surface area contributed by atoms with E-state index in [-0.39, 0.29) is 27.3 Å². The molecule has 0 aliphatic carbocycles. The van der Waals surface area contributed by atoms with Gasteiger partial charge in [0.25, 0.3) is 0 Å². The summed E-state index contributed by atoms with van der Waals surface area (Å²) in [5, 5.41) is 21.6. The van der Waals surface area contributed by atoms with Crippen molar-refractivity contribution in [1.29, 1.82) is 0 Å². The first kappa shape index (κ1) is 24.0. The Labute approximate surface area is 214 Å². The minimum Gasteiger partial charge on any atom is -0.478 e. The molecule has 0 unspecified atom stereocenters. The van der Waals surface area contributed by atoms with Crippen molar-refractivity contribution in [2.45, 2.75) is 0 Å². The van der Waals surface area contributed by atoms with Gasteiger partial charge in [-0.3, -0.25) is 0 Å². The molecule has 0 spiro atoms. The Morgan fingerprint density at radius 3 is 1.21 bits per heavy atom. The summed E-state index contributed by atoms with van der Waals surface area (Å²) in [6, 6.07) is 22.2. The maximum Gasteiger partial charge on any atom is 0.336 e. The van der Waals surface area contributed by atoms with Gasteiger partial charge in [0.15, 0.2) is 0 Å². The third-order valence-corrected chi connectivity index (χ3v) is 5.97. The van der Waals surface area contributed by atoms with Crippen LogP contribution in [0.3, 0.4) is 0 Å². The molecule has 4 rings (SSSR count). The van der Waals surface area contributed by atoms with Crippen LogP contribution in [-0.4, -0.2) is 22.2 Å². The van der Waals surface area contributed by atoms with Crippen molar-refractivity contribution in [2.24, 2.45) is 0 Å². The summed E-state index contributed by atoms with van der Waals surface area (Å²) >= 11 is 4.31. The number of fused-ring (bicyclic) bond motifs is 2. The van der Waals surface area contributed by atoms with Crippen molar-refractivity contribution in [1.82, 2.24) is 0 Å². The van der Waals surface area contributed by atoms with E-state index in [1.165, 1.54) is 0 Å². The van der Waals surface area contributed by atoms with Gasteiger partial charge in [-0.25, -0.2) is 9.59 Å². The maximum absolute atomic E-state index is 11.0. The second kappa shape index (κ2) is 10.7. The van der Waals surface area contributed by atoms with E-state index in [1.807, 2.05) is 48.5 Å². The molecule has 0 bridgehead atoms. The Bertz CT molecular complexity index is 1100. The van der Waals surface area contributed by atoms with Gasteiger partial charge >= 0.3 is 11.9 Å². The van der Waals surface area contributed by atoms with Crippen LogP contribution in [0.25, 0.3) is 21.5 Å². The smallest absolute Gasteiger partial charge is 0.336 e. The number of hydrogen-bond donors (Lipinski definition) is 2. The molecule has 142 valence electrons. The summed E-state index contributed by atoms with van der Waals surface area (Å²) in [5.74, 6) is -1.75. The van der Waals surface area contributed by atoms with Crippen molar-refractivity contribution in [3.05, 3.63) is 91.1 Å². The number of hydrogen-bond acceptors (Lipinski definition) is 2. The molecule has 0 amide bonds. The van der Waals surface area contributed by atoms with Gasteiger partial charge in [0.05, 0.1) is 11.1 Å². The molecule has 0 aliphatic rings. The van der Waals surface area contributed by atoms with Crippen LogP contribution in [0.4, 0.5) is 0 Å². The standard InChI is InChI=1S/2C11H7IO2.Cd/c2*12-9-6-2-4-7-3-1-5-8(10(7)9)11(13)14;/h2*1-6H,(H,13,14);. The van der Waals surface area contributed by atoms with Crippen LogP contribution in [-0.2, 0) is 27.3 Å². The Morgan fingerprint density at radius 2 is 0.897 bits per heavy atom. The molecule has 0 fully saturated rings. The molecule has 29 heavy (non-hydrogen) atoms. The van der Waals surface area contributed by atoms with Crippen molar-refractivity contribution in [3.63, 3.8) is 0 Å². The predicted octanol–water partition coefficient (Wildman–Crippen LogP) is 6.28. The summed E-state index contributed by atoms with van der Waals surface area (Å²) in [4.78, 5) is 21.9. The molecule has 0 atom stereocenters. The summed E-state index contributed by atoms with van der Waals surface area (Å²) in [7, 11) is 0. The van der Waals surface area contributed by atoms with Gasteiger partial charge in [0, 0.05) is 45.2 Å².